The first kappa shape index (κ1) is 20.6. The molecule has 0 bridgehead atoms. The number of alkyl carbamates (subject to hydrolysis) is 1. The first-order valence-corrected chi connectivity index (χ1v) is 10.1. The van der Waals surface area contributed by atoms with Crippen LogP contribution in [0, 0.1) is 0 Å². The molecule has 6 nitrogen and oxygen atoms in total. The summed E-state index contributed by atoms with van der Waals surface area (Å²) in [5.41, 5.74) is 0.650. The summed E-state index contributed by atoms with van der Waals surface area (Å²) in [5, 5.41) is 2.89. The number of carbonyl (C=O) groups excluding carboxylic acids is 2. The Morgan fingerprint density at radius 3 is 2.46 bits per heavy atom. The lowest BCUT2D eigenvalue weighted by Gasteiger charge is -2.29. The summed E-state index contributed by atoms with van der Waals surface area (Å²) in [5.74, 6) is 0.940. The van der Waals surface area contributed by atoms with Crippen LogP contribution >= 0.6 is 11.8 Å². The van der Waals surface area contributed by atoms with Crippen molar-refractivity contribution in [3.63, 3.8) is 0 Å². The number of rotatable bonds is 6. The number of nitrogens with zero attached hydrogens (tertiary/aromatic N) is 1. The predicted molar refractivity (Wildman–Crippen MR) is 102 cm³/mol. The van der Waals surface area contributed by atoms with Gasteiger partial charge in [0.05, 0.1) is 5.75 Å². The monoisotopic (exact) mass is 380 g/mol. The molecule has 0 unspecified atom stereocenters. The number of hydrogen-bond acceptors (Lipinski definition) is 6. The number of aromatic nitrogens is 1. The average Bonchev–Trinajstić information content (AvgIpc) is 2.56. The molecule has 1 heterocycles. The van der Waals surface area contributed by atoms with Gasteiger partial charge >= 0.3 is 12.1 Å². The van der Waals surface area contributed by atoms with Crippen LogP contribution in [-0.2, 0) is 20.0 Å². The third kappa shape index (κ3) is 8.08. The maximum absolute atomic E-state index is 12.0. The molecule has 144 valence electrons. The van der Waals surface area contributed by atoms with Crippen LogP contribution in [0.15, 0.2) is 24.5 Å². The fraction of sp³-hybridized carbons (Fsp3) is 0.632. The Kier molecular flexibility index (Phi) is 7.75. The summed E-state index contributed by atoms with van der Waals surface area (Å²) in [6.45, 7) is 5.53. The van der Waals surface area contributed by atoms with E-state index in [2.05, 4.69) is 10.3 Å². The molecule has 1 fully saturated rings. The lowest BCUT2D eigenvalue weighted by atomic mass is 9.93. The van der Waals surface area contributed by atoms with E-state index in [0.717, 1.165) is 37.0 Å². The van der Waals surface area contributed by atoms with E-state index in [1.807, 2.05) is 32.9 Å². The second-order valence-corrected chi connectivity index (χ2v) is 8.44. The third-order valence-corrected chi connectivity index (χ3v) is 4.91. The summed E-state index contributed by atoms with van der Waals surface area (Å²) in [7, 11) is 0. The molecule has 0 saturated heterocycles. The average molecular weight is 381 g/mol. The Morgan fingerprint density at radius 1 is 1.19 bits per heavy atom. The van der Waals surface area contributed by atoms with Gasteiger partial charge in [-0.2, -0.15) is 0 Å². The molecule has 7 heteroatoms. The zero-order valence-electron chi connectivity index (χ0n) is 15.7. The van der Waals surface area contributed by atoms with E-state index < -0.39 is 5.60 Å². The molecular weight excluding hydrogens is 352 g/mol. The molecule has 26 heavy (non-hydrogen) atoms. The van der Waals surface area contributed by atoms with E-state index in [-0.39, 0.29) is 24.2 Å². The van der Waals surface area contributed by atoms with Crippen molar-refractivity contribution in [1.82, 2.24) is 10.3 Å². The minimum Gasteiger partial charge on any atom is -0.462 e. The van der Waals surface area contributed by atoms with Crippen molar-refractivity contribution in [2.45, 2.75) is 70.0 Å². The summed E-state index contributed by atoms with van der Waals surface area (Å²) < 4.78 is 10.8. The molecule has 2 rings (SSSR count). The Morgan fingerprint density at radius 2 is 1.85 bits per heavy atom. The highest BCUT2D eigenvalue weighted by Gasteiger charge is 2.26. The predicted octanol–water partition coefficient (Wildman–Crippen LogP) is 3.69. The normalized spacial score (nSPS) is 20.3. The van der Waals surface area contributed by atoms with Gasteiger partial charge in [0.25, 0.3) is 0 Å². The van der Waals surface area contributed by atoms with Gasteiger partial charge < -0.3 is 14.8 Å². The van der Waals surface area contributed by atoms with E-state index in [4.69, 9.17) is 9.47 Å². The maximum Gasteiger partial charge on any atom is 0.407 e. The summed E-state index contributed by atoms with van der Waals surface area (Å²) in [6.07, 6.45) is 6.17. The quantitative estimate of drug-likeness (QED) is 0.759. The van der Waals surface area contributed by atoms with Crippen molar-refractivity contribution in [3.05, 3.63) is 30.1 Å². The van der Waals surface area contributed by atoms with Crippen molar-refractivity contribution in [2.24, 2.45) is 0 Å². The molecule has 1 N–H and O–H groups in total. The fourth-order valence-electron chi connectivity index (χ4n) is 2.75. The van der Waals surface area contributed by atoms with Crippen LogP contribution < -0.4 is 5.32 Å². The number of esters is 1. The minimum atomic E-state index is -0.495. The molecule has 1 aromatic heterocycles. The van der Waals surface area contributed by atoms with E-state index in [0.29, 0.717) is 5.75 Å². The van der Waals surface area contributed by atoms with E-state index in [9.17, 15) is 9.59 Å². The number of carbonyl (C=O) groups is 2. The molecular formula is C19H28N2O4S. The molecule has 0 aromatic carbocycles. The number of amides is 1. The van der Waals surface area contributed by atoms with Crippen molar-refractivity contribution < 1.29 is 19.1 Å². The summed E-state index contributed by atoms with van der Waals surface area (Å²) in [4.78, 5) is 27.7. The lowest BCUT2D eigenvalue weighted by Crippen LogP contribution is -2.42. The summed E-state index contributed by atoms with van der Waals surface area (Å²) >= 11 is 1.54. The van der Waals surface area contributed by atoms with Crippen molar-refractivity contribution >= 4 is 23.8 Å². The number of nitrogens with one attached hydrogen (secondary N) is 1. The third-order valence-electron chi connectivity index (χ3n) is 3.93. The van der Waals surface area contributed by atoms with Gasteiger partial charge in [0.1, 0.15) is 11.7 Å². The second-order valence-electron chi connectivity index (χ2n) is 7.46. The fourth-order valence-corrected chi connectivity index (χ4v) is 3.52. The van der Waals surface area contributed by atoms with Gasteiger partial charge in [-0.1, -0.05) is 0 Å². The zero-order valence-corrected chi connectivity index (χ0v) is 16.5. The second kappa shape index (κ2) is 9.80. The molecule has 1 aliphatic carbocycles. The molecule has 0 aliphatic heterocycles. The van der Waals surface area contributed by atoms with E-state index >= 15 is 0 Å². The Balaban J connectivity index is 1.60. The highest BCUT2D eigenvalue weighted by atomic mass is 32.2. The number of pyridine rings is 1. The standard InChI is InChI=1S/C19H28N2O4S/c1-19(2,3)25-18(23)21-15-4-6-16(7-5-15)24-17(22)13-26-12-14-8-10-20-11-9-14/h8-11,15-16H,4-7,12-13H2,1-3H3,(H,21,23). The number of thioether (sulfide) groups is 1. The minimum absolute atomic E-state index is 0.0549. The van der Waals surface area contributed by atoms with Crippen LogP contribution in [0.2, 0.25) is 0 Å². The molecule has 1 amide bonds. The highest BCUT2D eigenvalue weighted by molar-refractivity contribution is 7.99. The summed E-state index contributed by atoms with van der Waals surface area (Å²) in [6, 6.07) is 3.97. The van der Waals surface area contributed by atoms with Gasteiger partial charge in [0, 0.05) is 24.2 Å². The molecule has 1 aliphatic rings. The maximum atomic E-state index is 12.0. The van der Waals surface area contributed by atoms with Gasteiger partial charge in [0.15, 0.2) is 0 Å². The van der Waals surface area contributed by atoms with Crippen molar-refractivity contribution in [3.8, 4) is 0 Å². The van der Waals surface area contributed by atoms with Crippen LogP contribution in [0.5, 0.6) is 0 Å². The molecule has 0 atom stereocenters. The van der Waals surface area contributed by atoms with Crippen LogP contribution in [0.1, 0.15) is 52.0 Å². The van der Waals surface area contributed by atoms with Crippen LogP contribution in [0.25, 0.3) is 0 Å². The Labute approximate surface area is 159 Å². The molecule has 0 spiro atoms. The van der Waals surface area contributed by atoms with Crippen LogP contribution in [0.3, 0.4) is 0 Å². The number of ether oxygens (including phenoxy) is 2. The largest absolute Gasteiger partial charge is 0.462 e. The van der Waals surface area contributed by atoms with Gasteiger partial charge in [-0.3, -0.25) is 9.78 Å². The smallest absolute Gasteiger partial charge is 0.407 e. The molecule has 1 aromatic rings. The number of hydrogen-bond donors (Lipinski definition) is 1. The first-order valence-electron chi connectivity index (χ1n) is 8.97. The Bertz CT molecular complexity index is 581. The lowest BCUT2D eigenvalue weighted by molar-refractivity contribution is -0.147. The topological polar surface area (TPSA) is 77.5 Å². The Hall–Kier alpha value is -1.76. The van der Waals surface area contributed by atoms with Gasteiger partial charge in [-0.25, -0.2) is 4.79 Å². The van der Waals surface area contributed by atoms with Gasteiger partial charge in [0.2, 0.25) is 0 Å². The molecule has 0 radical (unpaired) electrons. The first-order chi connectivity index (χ1) is 12.3. The molecule has 1 saturated carbocycles. The zero-order chi connectivity index (χ0) is 19.0. The van der Waals surface area contributed by atoms with Crippen LogP contribution in [-0.4, -0.2) is 40.5 Å². The van der Waals surface area contributed by atoms with Crippen LogP contribution in [0.4, 0.5) is 4.79 Å². The van der Waals surface area contributed by atoms with E-state index in [1.165, 1.54) is 0 Å². The van der Waals surface area contributed by atoms with Crippen molar-refractivity contribution in [2.75, 3.05) is 5.75 Å². The highest BCUT2D eigenvalue weighted by Crippen LogP contribution is 2.22. The SMILES string of the molecule is CC(C)(C)OC(=O)NC1CCC(OC(=O)CSCc2ccncc2)CC1. The van der Waals surface area contributed by atoms with E-state index in [1.54, 1.807) is 24.2 Å². The van der Waals surface area contributed by atoms with Gasteiger partial charge in [-0.15, -0.1) is 11.8 Å². The van der Waals surface area contributed by atoms with Gasteiger partial charge in [-0.05, 0) is 64.2 Å². The van der Waals surface area contributed by atoms with Crippen molar-refractivity contribution in [1.29, 1.82) is 0 Å².